The Morgan fingerprint density at radius 3 is 2.64 bits per heavy atom. The highest BCUT2D eigenvalue weighted by Gasteiger charge is 2.12. The molecular weight excluding hydrogens is 182 g/mol. The maximum atomic E-state index is 10.9. The number of hydrogen-bond donors (Lipinski definition) is 2. The van der Waals surface area contributed by atoms with Crippen LogP contribution in [0.5, 0.6) is 0 Å². The lowest BCUT2D eigenvalue weighted by Crippen LogP contribution is -2.30. The first-order valence-electron chi connectivity index (χ1n) is 4.28. The topological polar surface area (TPSA) is 58.6 Å². The van der Waals surface area contributed by atoms with Gasteiger partial charge < -0.3 is 15.2 Å². The molecule has 0 bridgehead atoms. The maximum absolute atomic E-state index is 10.9. The van der Waals surface area contributed by atoms with Crippen LogP contribution in [-0.4, -0.2) is 24.9 Å². The van der Waals surface area contributed by atoms with Gasteiger partial charge >= 0.3 is 6.09 Å². The fraction of sp³-hybridized carbons (Fsp3) is 0.300. The Morgan fingerprint density at radius 1 is 1.50 bits per heavy atom. The molecule has 2 N–H and O–H groups in total. The van der Waals surface area contributed by atoms with Gasteiger partial charge in [-0.05, 0) is 5.56 Å². The molecule has 0 fully saturated rings. The molecule has 4 nitrogen and oxygen atoms in total. The molecule has 0 saturated heterocycles. The van der Waals surface area contributed by atoms with Gasteiger partial charge in [-0.25, -0.2) is 4.79 Å². The van der Waals surface area contributed by atoms with Crippen molar-refractivity contribution in [1.82, 2.24) is 5.32 Å². The molecule has 14 heavy (non-hydrogen) atoms. The molecule has 1 unspecified atom stereocenters. The van der Waals surface area contributed by atoms with Crippen molar-refractivity contribution >= 4 is 6.09 Å². The highest BCUT2D eigenvalue weighted by Crippen LogP contribution is 2.11. The van der Waals surface area contributed by atoms with E-state index >= 15 is 0 Å². The van der Waals surface area contributed by atoms with E-state index in [1.807, 2.05) is 30.3 Å². The van der Waals surface area contributed by atoms with E-state index in [0.717, 1.165) is 5.56 Å². The van der Waals surface area contributed by atoms with Gasteiger partial charge in [0, 0.05) is 0 Å². The third-order valence-electron chi connectivity index (χ3n) is 1.86. The van der Waals surface area contributed by atoms with Crippen LogP contribution in [0.1, 0.15) is 11.6 Å². The minimum Gasteiger partial charge on any atom is -0.453 e. The second kappa shape index (κ2) is 5.24. The first-order chi connectivity index (χ1) is 6.77. The lowest BCUT2D eigenvalue weighted by molar-refractivity contribution is 0.157. The molecule has 0 aliphatic rings. The van der Waals surface area contributed by atoms with Crippen molar-refractivity contribution in [2.75, 3.05) is 13.7 Å². The molecular formula is C10H13NO3. The Kier molecular flexibility index (Phi) is 3.94. The minimum absolute atomic E-state index is 0.154. The summed E-state index contributed by atoms with van der Waals surface area (Å²) in [4.78, 5) is 10.9. The fourth-order valence-corrected chi connectivity index (χ4v) is 1.12. The standard InChI is InChI=1S/C10H13NO3/c1-14-10(13)11-9(7-12)8-5-3-2-4-6-8/h2-6,9,12H,7H2,1H3,(H,11,13). The second-order valence-electron chi connectivity index (χ2n) is 2.78. The van der Waals surface area contributed by atoms with E-state index in [2.05, 4.69) is 10.1 Å². The predicted molar refractivity (Wildman–Crippen MR) is 51.8 cm³/mol. The van der Waals surface area contributed by atoms with Crippen molar-refractivity contribution in [3.05, 3.63) is 35.9 Å². The molecule has 0 aromatic heterocycles. The number of hydrogen-bond acceptors (Lipinski definition) is 3. The molecule has 1 atom stereocenters. The lowest BCUT2D eigenvalue weighted by atomic mass is 10.1. The number of aliphatic hydroxyl groups excluding tert-OH is 1. The van der Waals surface area contributed by atoms with E-state index in [4.69, 9.17) is 5.11 Å². The van der Waals surface area contributed by atoms with Crippen molar-refractivity contribution in [2.45, 2.75) is 6.04 Å². The highest BCUT2D eigenvalue weighted by atomic mass is 16.5. The Labute approximate surface area is 82.5 Å². The largest absolute Gasteiger partial charge is 0.453 e. The number of amides is 1. The van der Waals surface area contributed by atoms with Gasteiger partial charge in [0.05, 0.1) is 19.8 Å². The van der Waals surface area contributed by atoms with Crippen molar-refractivity contribution in [1.29, 1.82) is 0 Å². The number of alkyl carbamates (subject to hydrolysis) is 1. The third kappa shape index (κ3) is 2.74. The van der Waals surface area contributed by atoms with Crippen LogP contribution >= 0.6 is 0 Å². The van der Waals surface area contributed by atoms with Crippen LogP contribution in [0.15, 0.2) is 30.3 Å². The Bertz CT molecular complexity index is 287. The molecule has 76 valence electrons. The summed E-state index contributed by atoms with van der Waals surface area (Å²) in [5.74, 6) is 0. The molecule has 0 saturated carbocycles. The number of carbonyl (C=O) groups is 1. The van der Waals surface area contributed by atoms with Crippen LogP contribution in [0.3, 0.4) is 0 Å². The zero-order valence-corrected chi connectivity index (χ0v) is 7.93. The third-order valence-corrected chi connectivity index (χ3v) is 1.86. The molecule has 4 heteroatoms. The summed E-state index contributed by atoms with van der Waals surface area (Å²) in [6.07, 6.45) is -0.548. The lowest BCUT2D eigenvalue weighted by Gasteiger charge is -2.15. The monoisotopic (exact) mass is 195 g/mol. The number of methoxy groups -OCH3 is 1. The van der Waals surface area contributed by atoms with Gasteiger partial charge in [0.15, 0.2) is 0 Å². The van der Waals surface area contributed by atoms with Gasteiger partial charge in [0.25, 0.3) is 0 Å². The molecule has 1 aromatic carbocycles. The smallest absolute Gasteiger partial charge is 0.407 e. The van der Waals surface area contributed by atoms with Crippen molar-refractivity contribution in [2.24, 2.45) is 0 Å². The van der Waals surface area contributed by atoms with Gasteiger partial charge in [-0.3, -0.25) is 0 Å². The van der Waals surface area contributed by atoms with E-state index in [-0.39, 0.29) is 6.61 Å². The van der Waals surface area contributed by atoms with Crippen LogP contribution in [-0.2, 0) is 4.74 Å². The van der Waals surface area contributed by atoms with E-state index in [1.54, 1.807) is 0 Å². The van der Waals surface area contributed by atoms with Crippen LogP contribution in [0, 0.1) is 0 Å². The number of nitrogens with one attached hydrogen (secondary N) is 1. The van der Waals surface area contributed by atoms with E-state index in [0.29, 0.717) is 0 Å². The van der Waals surface area contributed by atoms with E-state index in [9.17, 15) is 4.79 Å². The summed E-state index contributed by atoms with van der Waals surface area (Å²) in [6, 6.07) is 8.81. The average molecular weight is 195 g/mol. The zero-order valence-electron chi connectivity index (χ0n) is 7.93. The normalized spacial score (nSPS) is 11.9. The van der Waals surface area contributed by atoms with E-state index in [1.165, 1.54) is 7.11 Å². The first kappa shape index (κ1) is 10.5. The van der Waals surface area contributed by atoms with E-state index < -0.39 is 12.1 Å². The summed E-state index contributed by atoms with van der Waals surface area (Å²) in [6.45, 7) is -0.154. The number of ether oxygens (including phenoxy) is 1. The molecule has 0 heterocycles. The maximum Gasteiger partial charge on any atom is 0.407 e. The molecule has 0 aliphatic heterocycles. The van der Waals surface area contributed by atoms with Crippen molar-refractivity contribution < 1.29 is 14.6 Å². The molecule has 0 spiro atoms. The van der Waals surface area contributed by atoms with Crippen LogP contribution in [0.25, 0.3) is 0 Å². The average Bonchev–Trinajstić information content (AvgIpc) is 2.26. The fourth-order valence-electron chi connectivity index (χ4n) is 1.12. The number of aliphatic hydroxyl groups is 1. The first-order valence-corrected chi connectivity index (χ1v) is 4.28. The van der Waals surface area contributed by atoms with Gasteiger partial charge in [-0.1, -0.05) is 30.3 Å². The van der Waals surface area contributed by atoms with Crippen LogP contribution in [0.4, 0.5) is 4.79 Å². The van der Waals surface area contributed by atoms with Gasteiger partial charge in [0.2, 0.25) is 0 Å². The number of carbonyl (C=O) groups excluding carboxylic acids is 1. The van der Waals surface area contributed by atoms with Crippen molar-refractivity contribution in [3.63, 3.8) is 0 Å². The van der Waals surface area contributed by atoms with Crippen LogP contribution < -0.4 is 5.32 Å². The molecule has 1 rings (SSSR count). The SMILES string of the molecule is COC(=O)NC(CO)c1ccccc1. The summed E-state index contributed by atoms with van der Waals surface area (Å²) in [5, 5.41) is 11.6. The summed E-state index contributed by atoms with van der Waals surface area (Å²) >= 11 is 0. The van der Waals surface area contributed by atoms with Gasteiger partial charge in [-0.15, -0.1) is 0 Å². The van der Waals surface area contributed by atoms with Crippen LogP contribution in [0.2, 0.25) is 0 Å². The highest BCUT2D eigenvalue weighted by molar-refractivity contribution is 5.67. The van der Waals surface area contributed by atoms with Gasteiger partial charge in [-0.2, -0.15) is 0 Å². The Morgan fingerprint density at radius 2 is 2.14 bits per heavy atom. The summed E-state index contributed by atoms with van der Waals surface area (Å²) in [5.41, 5.74) is 0.848. The molecule has 0 radical (unpaired) electrons. The molecule has 1 amide bonds. The summed E-state index contributed by atoms with van der Waals surface area (Å²) < 4.78 is 4.44. The second-order valence-corrected chi connectivity index (χ2v) is 2.78. The Hall–Kier alpha value is -1.55. The Balaban J connectivity index is 2.68. The predicted octanol–water partition coefficient (Wildman–Crippen LogP) is 1.08. The number of rotatable bonds is 3. The zero-order chi connectivity index (χ0) is 10.4. The van der Waals surface area contributed by atoms with Gasteiger partial charge in [0.1, 0.15) is 0 Å². The number of benzene rings is 1. The summed E-state index contributed by atoms with van der Waals surface area (Å²) in [7, 11) is 1.29. The molecule has 1 aromatic rings. The quantitative estimate of drug-likeness (QED) is 0.758. The van der Waals surface area contributed by atoms with Crippen molar-refractivity contribution in [3.8, 4) is 0 Å². The minimum atomic E-state index is -0.548. The molecule has 0 aliphatic carbocycles.